The van der Waals surface area contributed by atoms with Crippen molar-refractivity contribution in [1.29, 1.82) is 0 Å². The zero-order chi connectivity index (χ0) is 23.2. The Hall–Kier alpha value is -2.09. The predicted octanol–water partition coefficient (Wildman–Crippen LogP) is 3.06. The molecule has 1 aromatic rings. The zero-order valence-electron chi connectivity index (χ0n) is 17.9. The Balaban J connectivity index is 1.31. The molecular formula is C20H23BrN6O4S2. The highest BCUT2D eigenvalue weighted by atomic mass is 79.9. The number of aromatic nitrogens is 4. The van der Waals surface area contributed by atoms with Crippen LogP contribution in [0.5, 0.6) is 11.5 Å². The number of sulfonamides is 1. The van der Waals surface area contributed by atoms with Gasteiger partial charge in [-0.3, -0.25) is 0 Å². The van der Waals surface area contributed by atoms with Gasteiger partial charge in [0.25, 0.3) is 0 Å². The van der Waals surface area contributed by atoms with E-state index >= 15 is 0 Å². The van der Waals surface area contributed by atoms with Gasteiger partial charge in [0.1, 0.15) is 0 Å². The lowest BCUT2D eigenvalue weighted by molar-refractivity contribution is 0.174. The zero-order valence-corrected chi connectivity index (χ0v) is 21.1. The number of nitrogen functional groups attached to an aromatic ring is 1. The maximum atomic E-state index is 11.7. The van der Waals surface area contributed by atoms with Crippen molar-refractivity contribution in [3.05, 3.63) is 22.9 Å². The third-order valence-electron chi connectivity index (χ3n) is 5.92. The Bertz CT molecular complexity index is 1260. The number of ether oxygens (including phenoxy) is 2. The summed E-state index contributed by atoms with van der Waals surface area (Å²) in [5, 5.41) is 0.569. The average Bonchev–Trinajstić information content (AvgIpc) is 3.40. The van der Waals surface area contributed by atoms with Crippen molar-refractivity contribution in [2.45, 2.75) is 35.9 Å². The summed E-state index contributed by atoms with van der Waals surface area (Å²) >= 11 is 4.98. The summed E-state index contributed by atoms with van der Waals surface area (Å²) in [5.74, 6) is 2.87. The fourth-order valence-electron chi connectivity index (χ4n) is 4.07. The molecule has 0 aliphatic carbocycles. The Morgan fingerprint density at radius 3 is 2.67 bits per heavy atom. The fraction of sp³-hybridized carbons (Fsp3) is 0.450. The minimum atomic E-state index is -3.11. The molecule has 5 rings (SSSR count). The van der Waals surface area contributed by atoms with Crippen LogP contribution in [0.15, 0.2) is 33.0 Å². The van der Waals surface area contributed by atoms with Gasteiger partial charge in [-0.2, -0.15) is 0 Å². The second-order valence-electron chi connectivity index (χ2n) is 8.13. The molecule has 0 radical (unpaired) electrons. The number of fused-ring (bicyclic) bond motifs is 2. The van der Waals surface area contributed by atoms with Gasteiger partial charge in [-0.25, -0.2) is 27.7 Å². The first kappa shape index (κ1) is 22.7. The molecule has 33 heavy (non-hydrogen) atoms. The molecule has 1 fully saturated rings. The van der Waals surface area contributed by atoms with Gasteiger partial charge in [-0.15, -0.1) is 0 Å². The molecule has 1 saturated heterocycles. The molecule has 0 amide bonds. The average molecular weight is 555 g/mol. The molecular weight excluding hydrogens is 532 g/mol. The van der Waals surface area contributed by atoms with Gasteiger partial charge in [-0.1, -0.05) is 0 Å². The molecule has 0 atom stereocenters. The topological polar surface area (TPSA) is 125 Å². The molecule has 10 nitrogen and oxygen atoms in total. The highest BCUT2D eigenvalue weighted by Crippen LogP contribution is 2.43. The fourth-order valence-corrected chi connectivity index (χ4v) is 6.30. The summed E-state index contributed by atoms with van der Waals surface area (Å²) in [6.45, 7) is 2.07. The molecule has 0 spiro atoms. The van der Waals surface area contributed by atoms with Crippen LogP contribution in [0.1, 0.15) is 19.3 Å². The van der Waals surface area contributed by atoms with Crippen molar-refractivity contribution >= 4 is 43.5 Å². The third-order valence-corrected chi connectivity index (χ3v) is 9.07. The van der Waals surface area contributed by atoms with Crippen LogP contribution in [0.4, 0.5) is 5.82 Å². The van der Waals surface area contributed by atoms with E-state index in [1.807, 2.05) is 16.7 Å². The number of halogens is 1. The number of nitrogens with zero attached hydrogens (tertiary/aromatic N) is 5. The largest absolute Gasteiger partial charge is 0.454 e. The maximum absolute atomic E-state index is 11.7. The Labute approximate surface area is 204 Å². The van der Waals surface area contributed by atoms with Crippen LogP contribution in [-0.2, 0) is 16.6 Å². The van der Waals surface area contributed by atoms with E-state index in [2.05, 4.69) is 25.9 Å². The lowest BCUT2D eigenvalue weighted by atomic mass is 9.94. The summed E-state index contributed by atoms with van der Waals surface area (Å²) in [5.41, 5.74) is 6.66. The van der Waals surface area contributed by atoms with E-state index in [0.29, 0.717) is 59.5 Å². The van der Waals surface area contributed by atoms with E-state index in [-0.39, 0.29) is 6.79 Å². The van der Waals surface area contributed by atoms with Crippen molar-refractivity contribution in [3.63, 3.8) is 0 Å². The normalized spacial score (nSPS) is 17.2. The first-order valence-electron chi connectivity index (χ1n) is 10.5. The lowest BCUT2D eigenvalue weighted by Gasteiger charge is -2.30. The number of imidazole rings is 1. The van der Waals surface area contributed by atoms with Crippen LogP contribution in [-0.4, -0.2) is 58.4 Å². The molecule has 2 N–H and O–H groups in total. The van der Waals surface area contributed by atoms with E-state index in [0.717, 1.165) is 28.6 Å². The Kier molecular flexibility index (Phi) is 6.14. The number of hydrogen-bond acceptors (Lipinski definition) is 9. The monoisotopic (exact) mass is 554 g/mol. The van der Waals surface area contributed by atoms with Crippen molar-refractivity contribution < 1.29 is 17.9 Å². The number of rotatable bonds is 6. The number of piperidine rings is 1. The van der Waals surface area contributed by atoms with Gasteiger partial charge >= 0.3 is 0 Å². The molecule has 176 valence electrons. The highest BCUT2D eigenvalue weighted by Gasteiger charge is 2.26. The van der Waals surface area contributed by atoms with Crippen LogP contribution < -0.4 is 15.2 Å². The molecule has 0 unspecified atom stereocenters. The van der Waals surface area contributed by atoms with Crippen molar-refractivity contribution in [3.8, 4) is 23.0 Å². The van der Waals surface area contributed by atoms with E-state index in [1.54, 1.807) is 10.6 Å². The summed E-state index contributed by atoms with van der Waals surface area (Å²) < 4.78 is 38.7. The quantitative estimate of drug-likeness (QED) is 0.489. The third kappa shape index (κ3) is 4.77. The second kappa shape index (κ2) is 8.93. The van der Waals surface area contributed by atoms with Gasteiger partial charge in [0.2, 0.25) is 16.8 Å². The Morgan fingerprint density at radius 1 is 1.21 bits per heavy atom. The summed E-state index contributed by atoms with van der Waals surface area (Å²) in [6, 6.07) is 3.77. The lowest BCUT2D eigenvalue weighted by Crippen LogP contribution is -2.37. The van der Waals surface area contributed by atoms with Gasteiger partial charge in [0.15, 0.2) is 34.0 Å². The van der Waals surface area contributed by atoms with Crippen LogP contribution in [0, 0.1) is 5.92 Å². The van der Waals surface area contributed by atoms with Crippen LogP contribution >= 0.6 is 27.7 Å². The van der Waals surface area contributed by atoms with E-state index < -0.39 is 10.0 Å². The van der Waals surface area contributed by atoms with Crippen molar-refractivity contribution in [2.24, 2.45) is 5.92 Å². The number of anilines is 1. The molecule has 13 heteroatoms. The summed E-state index contributed by atoms with van der Waals surface area (Å²) in [4.78, 5) is 14.5. The van der Waals surface area contributed by atoms with E-state index in [1.165, 1.54) is 18.0 Å². The van der Waals surface area contributed by atoms with Crippen molar-refractivity contribution in [2.75, 3.05) is 31.9 Å². The van der Waals surface area contributed by atoms with Gasteiger partial charge in [0.05, 0.1) is 12.6 Å². The van der Waals surface area contributed by atoms with Gasteiger partial charge in [-0.05, 0) is 65.0 Å². The van der Waals surface area contributed by atoms with E-state index in [4.69, 9.17) is 20.2 Å². The number of nitrogens with two attached hydrogens (primary N) is 1. The molecule has 1 aromatic carbocycles. The van der Waals surface area contributed by atoms with Crippen LogP contribution in [0.2, 0.25) is 0 Å². The number of aryl methyl sites for hydroxylation is 1. The number of benzene rings is 1. The standard InChI is InChI=1S/C20H23BrN6O4S2/c1-33(28,29)27-6-3-12(4-7-27)2-5-26-10-23-18(22)17-19(26)25-20(24-17)32-16-9-15-14(8-13(16)21)30-11-31-15/h8-10,12H,2-7,11,22H2,1H3. The molecule has 0 aromatic heterocycles. The Morgan fingerprint density at radius 2 is 1.94 bits per heavy atom. The maximum Gasteiger partial charge on any atom is 0.231 e. The molecule has 4 aliphatic rings. The number of hydrogen-bond donors (Lipinski definition) is 1. The smallest absolute Gasteiger partial charge is 0.231 e. The predicted molar refractivity (Wildman–Crippen MR) is 127 cm³/mol. The van der Waals surface area contributed by atoms with Gasteiger partial charge in [0, 0.05) is 29.0 Å². The second-order valence-corrected chi connectivity index (χ2v) is 12.0. The van der Waals surface area contributed by atoms with Crippen LogP contribution in [0.3, 0.4) is 0 Å². The van der Waals surface area contributed by atoms with E-state index in [9.17, 15) is 8.42 Å². The molecule has 0 bridgehead atoms. The SMILES string of the molecule is CS(=O)(=O)N1CCC(CCn2cnc(N)c3nc(Sc4cc5c(cc4Br)OCO5)nc2-3)CC1. The summed E-state index contributed by atoms with van der Waals surface area (Å²) in [6.07, 6.45) is 5.58. The molecule has 0 saturated carbocycles. The first-order valence-corrected chi connectivity index (χ1v) is 13.9. The first-order chi connectivity index (χ1) is 15.8. The molecule has 4 aliphatic heterocycles. The summed E-state index contributed by atoms with van der Waals surface area (Å²) in [7, 11) is -3.11. The van der Waals surface area contributed by atoms with Gasteiger partial charge < -0.3 is 19.8 Å². The van der Waals surface area contributed by atoms with Crippen molar-refractivity contribution in [1.82, 2.24) is 23.8 Å². The minimum Gasteiger partial charge on any atom is -0.454 e. The highest BCUT2D eigenvalue weighted by molar-refractivity contribution is 9.10. The molecule has 4 heterocycles. The minimum absolute atomic E-state index is 0.210. The van der Waals surface area contributed by atoms with Crippen LogP contribution in [0.25, 0.3) is 11.5 Å².